The van der Waals surface area contributed by atoms with Crippen LogP contribution in [0.2, 0.25) is 0 Å². The Morgan fingerprint density at radius 3 is 3.00 bits per heavy atom. The highest BCUT2D eigenvalue weighted by molar-refractivity contribution is 5.21. The molecule has 1 radical (unpaired) electrons. The standard InChI is InChI=1S/C9H10F/c1-2-9(10)8-6-4-3-5-7-8/h1,3,6,9H,4-5,7H2. The van der Waals surface area contributed by atoms with E-state index in [1.54, 1.807) is 0 Å². The predicted octanol–water partition coefficient (Wildman–Crippen LogP) is 2.27. The van der Waals surface area contributed by atoms with E-state index in [1.165, 1.54) is 0 Å². The molecule has 0 aliphatic heterocycles. The second-order valence-electron chi connectivity index (χ2n) is 2.37. The molecule has 1 aliphatic rings. The van der Waals surface area contributed by atoms with Crippen LogP contribution in [0.4, 0.5) is 4.39 Å². The first kappa shape index (κ1) is 7.34. The molecule has 0 fully saturated rings. The van der Waals surface area contributed by atoms with Gasteiger partial charge in [-0.15, -0.1) is 6.42 Å². The topological polar surface area (TPSA) is 0 Å². The summed E-state index contributed by atoms with van der Waals surface area (Å²) in [5, 5.41) is 0. The van der Waals surface area contributed by atoms with Gasteiger partial charge in [0.1, 0.15) is 0 Å². The number of terminal acetylenes is 1. The molecule has 0 aromatic rings. The van der Waals surface area contributed by atoms with Crippen molar-refractivity contribution in [3.05, 3.63) is 18.1 Å². The minimum atomic E-state index is -1.14. The average molecular weight is 137 g/mol. The largest absolute Gasteiger partial charge is 0.228 e. The van der Waals surface area contributed by atoms with Crippen molar-refractivity contribution in [1.82, 2.24) is 0 Å². The van der Waals surface area contributed by atoms with E-state index in [0.29, 0.717) is 0 Å². The zero-order valence-electron chi connectivity index (χ0n) is 5.81. The maximum absolute atomic E-state index is 12.7. The zero-order valence-corrected chi connectivity index (χ0v) is 5.81. The van der Waals surface area contributed by atoms with Crippen molar-refractivity contribution in [3.63, 3.8) is 0 Å². The van der Waals surface area contributed by atoms with Crippen molar-refractivity contribution in [2.75, 3.05) is 0 Å². The van der Waals surface area contributed by atoms with Crippen LogP contribution < -0.4 is 0 Å². The van der Waals surface area contributed by atoms with Gasteiger partial charge in [0, 0.05) is 0 Å². The van der Waals surface area contributed by atoms with Gasteiger partial charge in [0.25, 0.3) is 0 Å². The molecule has 0 saturated heterocycles. The van der Waals surface area contributed by atoms with Crippen LogP contribution in [0.1, 0.15) is 19.3 Å². The van der Waals surface area contributed by atoms with Crippen LogP contribution in [-0.2, 0) is 0 Å². The highest BCUT2D eigenvalue weighted by atomic mass is 19.1. The maximum Gasteiger partial charge on any atom is 0.181 e. The molecule has 0 N–H and O–H groups in total. The third-order valence-electron chi connectivity index (χ3n) is 1.66. The second-order valence-corrected chi connectivity index (χ2v) is 2.37. The first-order valence-corrected chi connectivity index (χ1v) is 3.45. The van der Waals surface area contributed by atoms with Crippen molar-refractivity contribution in [1.29, 1.82) is 0 Å². The lowest BCUT2D eigenvalue weighted by Gasteiger charge is -2.11. The molecule has 0 spiro atoms. The number of hydrogen-bond donors (Lipinski definition) is 0. The van der Waals surface area contributed by atoms with E-state index >= 15 is 0 Å². The van der Waals surface area contributed by atoms with Crippen LogP contribution in [0.15, 0.2) is 11.6 Å². The molecule has 1 aliphatic carbocycles. The highest BCUT2D eigenvalue weighted by Gasteiger charge is 2.11. The molecule has 0 aromatic heterocycles. The molecule has 53 valence electrons. The van der Waals surface area contributed by atoms with E-state index in [4.69, 9.17) is 6.42 Å². The molecule has 0 aromatic carbocycles. The Hall–Kier alpha value is -0.770. The van der Waals surface area contributed by atoms with Gasteiger partial charge >= 0.3 is 0 Å². The summed E-state index contributed by atoms with van der Waals surface area (Å²) in [4.78, 5) is 0. The molecular weight excluding hydrogens is 127 g/mol. The smallest absolute Gasteiger partial charge is 0.181 e. The molecule has 1 unspecified atom stereocenters. The normalized spacial score (nSPS) is 21.0. The Balaban J connectivity index is 2.55. The van der Waals surface area contributed by atoms with E-state index in [1.807, 2.05) is 6.08 Å². The van der Waals surface area contributed by atoms with E-state index in [0.717, 1.165) is 24.8 Å². The summed E-state index contributed by atoms with van der Waals surface area (Å²) in [6, 6.07) is 0. The van der Waals surface area contributed by atoms with Crippen molar-refractivity contribution in [2.24, 2.45) is 0 Å². The van der Waals surface area contributed by atoms with Crippen molar-refractivity contribution >= 4 is 0 Å². The molecule has 0 bridgehead atoms. The van der Waals surface area contributed by atoms with Gasteiger partial charge in [-0.1, -0.05) is 12.0 Å². The van der Waals surface area contributed by atoms with Gasteiger partial charge in [-0.05, 0) is 31.3 Å². The zero-order chi connectivity index (χ0) is 7.40. The van der Waals surface area contributed by atoms with Crippen LogP contribution in [0.3, 0.4) is 0 Å². The summed E-state index contributed by atoms with van der Waals surface area (Å²) in [7, 11) is 0. The fourth-order valence-corrected chi connectivity index (χ4v) is 1.06. The summed E-state index contributed by atoms with van der Waals surface area (Å²) in [5.41, 5.74) is 0.782. The van der Waals surface area contributed by atoms with Gasteiger partial charge in [0.15, 0.2) is 6.17 Å². The Morgan fingerprint density at radius 2 is 2.50 bits per heavy atom. The Morgan fingerprint density at radius 1 is 1.70 bits per heavy atom. The Bertz CT molecular complexity index is 174. The fraction of sp³-hybridized carbons (Fsp3) is 0.444. The Kier molecular flexibility index (Phi) is 2.50. The molecule has 0 heterocycles. The van der Waals surface area contributed by atoms with E-state index < -0.39 is 6.17 Å². The third-order valence-corrected chi connectivity index (χ3v) is 1.66. The molecule has 1 rings (SSSR count). The SMILES string of the molecule is C#CC(F)C1=CC[CH]CC1. The number of halogens is 1. The highest BCUT2D eigenvalue weighted by Crippen LogP contribution is 2.20. The minimum Gasteiger partial charge on any atom is -0.228 e. The number of hydrogen-bond acceptors (Lipinski definition) is 0. The van der Waals surface area contributed by atoms with Crippen LogP contribution in [0, 0.1) is 18.8 Å². The van der Waals surface area contributed by atoms with E-state index in [-0.39, 0.29) is 0 Å². The van der Waals surface area contributed by atoms with E-state index in [2.05, 4.69) is 12.3 Å². The lowest BCUT2D eigenvalue weighted by Crippen LogP contribution is -2.04. The van der Waals surface area contributed by atoms with E-state index in [9.17, 15) is 4.39 Å². The summed E-state index contributed by atoms with van der Waals surface area (Å²) >= 11 is 0. The lowest BCUT2D eigenvalue weighted by atomic mass is 9.96. The van der Waals surface area contributed by atoms with Gasteiger partial charge < -0.3 is 0 Å². The number of allylic oxidation sites excluding steroid dienone is 2. The van der Waals surface area contributed by atoms with Crippen LogP contribution in [-0.4, -0.2) is 6.17 Å². The molecule has 0 amide bonds. The average Bonchev–Trinajstić information content (AvgIpc) is 2.05. The summed E-state index contributed by atoms with van der Waals surface area (Å²) in [5.74, 6) is 2.09. The summed E-state index contributed by atoms with van der Waals surface area (Å²) < 4.78 is 12.7. The van der Waals surface area contributed by atoms with Crippen LogP contribution >= 0.6 is 0 Å². The molecule has 1 atom stereocenters. The summed E-state index contributed by atoms with van der Waals surface area (Å²) in [6.45, 7) is 0. The first-order valence-electron chi connectivity index (χ1n) is 3.45. The molecular formula is C9H10F. The van der Waals surface area contributed by atoms with Gasteiger partial charge in [-0.3, -0.25) is 0 Å². The van der Waals surface area contributed by atoms with Gasteiger partial charge in [0.05, 0.1) is 0 Å². The van der Waals surface area contributed by atoms with Gasteiger partial charge in [-0.25, -0.2) is 4.39 Å². The summed E-state index contributed by atoms with van der Waals surface area (Å²) in [6.07, 6.45) is 10.4. The lowest BCUT2D eigenvalue weighted by molar-refractivity contribution is 0.447. The fourth-order valence-electron chi connectivity index (χ4n) is 1.06. The molecule has 0 saturated carbocycles. The minimum absolute atomic E-state index is 0.782. The van der Waals surface area contributed by atoms with Crippen molar-refractivity contribution < 1.29 is 4.39 Å². The quantitative estimate of drug-likeness (QED) is 0.384. The monoisotopic (exact) mass is 137 g/mol. The van der Waals surface area contributed by atoms with Crippen LogP contribution in [0.25, 0.3) is 0 Å². The van der Waals surface area contributed by atoms with Gasteiger partial charge in [-0.2, -0.15) is 0 Å². The molecule has 1 heteroatoms. The van der Waals surface area contributed by atoms with Gasteiger partial charge in [0.2, 0.25) is 0 Å². The third kappa shape index (κ3) is 1.60. The predicted molar refractivity (Wildman–Crippen MR) is 40.0 cm³/mol. The first-order chi connectivity index (χ1) is 4.84. The Labute approximate surface area is 61.1 Å². The van der Waals surface area contributed by atoms with Crippen molar-refractivity contribution in [2.45, 2.75) is 25.4 Å². The molecule has 10 heavy (non-hydrogen) atoms. The second kappa shape index (κ2) is 3.41. The van der Waals surface area contributed by atoms with Crippen molar-refractivity contribution in [3.8, 4) is 12.3 Å². The maximum atomic E-state index is 12.7. The number of alkyl halides is 1. The molecule has 0 nitrogen and oxygen atoms in total. The number of rotatable bonds is 1. The van der Waals surface area contributed by atoms with Crippen LogP contribution in [0.5, 0.6) is 0 Å².